The lowest BCUT2D eigenvalue weighted by Gasteiger charge is -2.34. The second-order valence-electron chi connectivity index (χ2n) is 11.9. The summed E-state index contributed by atoms with van der Waals surface area (Å²) in [4.78, 5) is 0. The lowest BCUT2D eigenvalue weighted by molar-refractivity contribution is 0.441. The Hall–Kier alpha value is -5.06. The monoisotopic (exact) mass is 572 g/mol. The van der Waals surface area contributed by atoms with E-state index in [0.29, 0.717) is 0 Å². The summed E-state index contributed by atoms with van der Waals surface area (Å²) in [5.74, 6) is 0. The van der Waals surface area contributed by atoms with Crippen molar-refractivity contribution in [2.45, 2.75) is 32.0 Å². The third-order valence-corrected chi connectivity index (χ3v) is 9.20. The summed E-state index contributed by atoms with van der Waals surface area (Å²) in [6.07, 6.45) is 15.5. The van der Waals surface area contributed by atoms with Crippen molar-refractivity contribution in [2.24, 2.45) is 0 Å². The molecule has 4 aromatic carbocycles. The first-order valence-electron chi connectivity index (χ1n) is 15.6. The molecule has 4 heteroatoms. The van der Waals surface area contributed by atoms with E-state index in [4.69, 9.17) is 0 Å². The molecule has 4 nitrogen and oxygen atoms in total. The van der Waals surface area contributed by atoms with E-state index in [9.17, 15) is 0 Å². The summed E-state index contributed by atoms with van der Waals surface area (Å²) in [6.45, 7) is 3.05. The van der Waals surface area contributed by atoms with Gasteiger partial charge in [0.05, 0.1) is 11.6 Å². The van der Waals surface area contributed by atoms with Gasteiger partial charge in [-0.25, -0.2) is 0 Å². The minimum atomic E-state index is -0.0128. The number of nitrogens with one attached hydrogen (secondary N) is 3. The van der Waals surface area contributed by atoms with E-state index in [1.165, 1.54) is 61.2 Å². The number of rotatable bonds is 5. The van der Waals surface area contributed by atoms with Crippen LogP contribution in [0.5, 0.6) is 0 Å². The maximum Gasteiger partial charge on any atom is 0.104 e. The molecule has 44 heavy (non-hydrogen) atoms. The van der Waals surface area contributed by atoms with Crippen LogP contribution in [0.4, 0.5) is 0 Å². The molecule has 3 N–H and O–H groups in total. The van der Waals surface area contributed by atoms with E-state index >= 15 is 0 Å². The van der Waals surface area contributed by atoms with Crippen molar-refractivity contribution in [1.82, 2.24) is 20.5 Å². The normalized spacial score (nSPS) is 19.1. The third-order valence-electron chi connectivity index (χ3n) is 9.20. The van der Waals surface area contributed by atoms with E-state index in [2.05, 4.69) is 155 Å². The maximum absolute atomic E-state index is 3.89. The molecule has 2 unspecified atom stereocenters. The molecule has 0 spiro atoms. The van der Waals surface area contributed by atoms with Crippen LogP contribution in [0.2, 0.25) is 0 Å². The first-order chi connectivity index (χ1) is 21.7. The third kappa shape index (κ3) is 4.78. The van der Waals surface area contributed by atoms with Gasteiger partial charge in [0.1, 0.15) is 6.17 Å². The number of hydrogen-bond acceptors (Lipinski definition) is 3. The minimum Gasteiger partial charge on any atom is -0.387 e. The minimum absolute atomic E-state index is 0.0128. The fourth-order valence-electron chi connectivity index (χ4n) is 6.90. The van der Waals surface area contributed by atoms with Crippen molar-refractivity contribution in [3.63, 3.8) is 0 Å². The van der Waals surface area contributed by atoms with Crippen LogP contribution >= 0.6 is 0 Å². The summed E-state index contributed by atoms with van der Waals surface area (Å²) in [5, 5.41) is 12.3. The molecular weight excluding hydrogens is 536 g/mol. The Morgan fingerprint density at radius 2 is 1.59 bits per heavy atom. The molecule has 0 saturated heterocycles. The van der Waals surface area contributed by atoms with Crippen LogP contribution in [0.15, 0.2) is 128 Å². The Morgan fingerprint density at radius 1 is 0.795 bits per heavy atom. The van der Waals surface area contributed by atoms with Crippen molar-refractivity contribution in [3.05, 3.63) is 167 Å². The van der Waals surface area contributed by atoms with Gasteiger partial charge in [-0.05, 0) is 101 Å². The van der Waals surface area contributed by atoms with E-state index in [1.54, 1.807) is 0 Å². The average molecular weight is 573 g/mol. The molecule has 8 rings (SSSR count). The Balaban J connectivity index is 1.16. The number of aryl methyl sites for hydroxylation is 2. The van der Waals surface area contributed by atoms with Crippen LogP contribution < -0.4 is 16.0 Å². The maximum atomic E-state index is 3.89. The number of fused-ring (bicyclic) bond motifs is 3. The van der Waals surface area contributed by atoms with Gasteiger partial charge in [-0.2, -0.15) is 0 Å². The molecule has 3 aliphatic rings. The van der Waals surface area contributed by atoms with E-state index < -0.39 is 0 Å². The van der Waals surface area contributed by atoms with Crippen LogP contribution in [0.1, 0.15) is 57.7 Å². The zero-order chi connectivity index (χ0) is 29.5. The summed E-state index contributed by atoms with van der Waals surface area (Å²) in [5.41, 5.74) is 13.8. The van der Waals surface area contributed by atoms with Gasteiger partial charge in [0.15, 0.2) is 0 Å². The molecule has 2 aliphatic heterocycles. The van der Waals surface area contributed by atoms with Crippen molar-refractivity contribution < 1.29 is 0 Å². The number of hydrogen-bond donors (Lipinski definition) is 3. The molecule has 2 atom stereocenters. The second kappa shape index (κ2) is 11.2. The molecule has 0 bridgehead atoms. The van der Waals surface area contributed by atoms with Crippen molar-refractivity contribution in [2.75, 3.05) is 6.54 Å². The molecule has 1 aliphatic carbocycles. The largest absolute Gasteiger partial charge is 0.387 e. The van der Waals surface area contributed by atoms with E-state index in [1.807, 2.05) is 6.20 Å². The Kier molecular flexibility index (Phi) is 6.77. The Morgan fingerprint density at radius 3 is 2.41 bits per heavy atom. The van der Waals surface area contributed by atoms with Gasteiger partial charge in [-0.15, -0.1) is 0 Å². The van der Waals surface area contributed by atoms with Gasteiger partial charge in [-0.3, -0.25) is 5.32 Å². The zero-order valence-corrected chi connectivity index (χ0v) is 24.9. The highest BCUT2D eigenvalue weighted by Gasteiger charge is 2.25. The molecule has 0 saturated carbocycles. The highest BCUT2D eigenvalue weighted by molar-refractivity contribution is 5.90. The zero-order valence-electron chi connectivity index (χ0n) is 24.9. The molecule has 5 aromatic rings. The summed E-state index contributed by atoms with van der Waals surface area (Å²) in [6, 6.07) is 35.5. The Bertz CT molecular complexity index is 1970. The van der Waals surface area contributed by atoms with Gasteiger partial charge < -0.3 is 15.2 Å². The lowest BCUT2D eigenvalue weighted by atomic mass is 9.95. The first-order valence-corrected chi connectivity index (χ1v) is 15.6. The number of dihydropyridines is 1. The number of allylic oxidation sites excluding steroid dienone is 3. The number of nitrogens with zero attached hydrogens (tertiary/aromatic N) is 1. The average Bonchev–Trinajstić information content (AvgIpc) is 3.43. The highest BCUT2D eigenvalue weighted by atomic mass is 15.2. The summed E-state index contributed by atoms with van der Waals surface area (Å²) < 4.78 is 2.42. The standard InChI is InChI=1S/C40H36N4/c1-27-8-2-3-9-33(27)40-42-36(30-16-14-28(15-17-30)29-22-24-41-25-23-29)26-37(43-40)31-18-20-32(21-19-31)44-38-12-6-4-10-34(38)35-11-5-7-13-39(35)44/h2-4,6-10,12-24,26,37,40-43H,5,11,25H2,1H3. The van der Waals surface area contributed by atoms with Crippen molar-refractivity contribution in [3.8, 4) is 5.69 Å². The molecule has 0 fully saturated rings. The van der Waals surface area contributed by atoms with E-state index in [0.717, 1.165) is 25.1 Å². The van der Waals surface area contributed by atoms with Crippen LogP contribution in [-0.2, 0) is 6.42 Å². The summed E-state index contributed by atoms with van der Waals surface area (Å²) >= 11 is 0. The van der Waals surface area contributed by atoms with Gasteiger partial charge in [0.2, 0.25) is 0 Å². The second-order valence-corrected chi connectivity index (χ2v) is 11.9. The van der Waals surface area contributed by atoms with Crippen LogP contribution in [0.25, 0.3) is 33.9 Å². The molecule has 1 aromatic heterocycles. The molecule has 0 amide bonds. The topological polar surface area (TPSA) is 41.0 Å². The van der Waals surface area contributed by atoms with Gasteiger partial charge in [0, 0.05) is 29.0 Å². The Labute approximate surface area is 259 Å². The fourth-order valence-corrected chi connectivity index (χ4v) is 6.90. The number of aromatic nitrogens is 1. The van der Waals surface area contributed by atoms with Crippen LogP contribution in [-0.4, -0.2) is 11.1 Å². The van der Waals surface area contributed by atoms with Crippen LogP contribution in [0, 0.1) is 6.92 Å². The lowest BCUT2D eigenvalue weighted by Crippen LogP contribution is -2.40. The smallest absolute Gasteiger partial charge is 0.104 e. The molecule has 0 radical (unpaired) electrons. The van der Waals surface area contributed by atoms with Gasteiger partial charge in [-0.1, -0.05) is 91.0 Å². The molecule has 216 valence electrons. The van der Waals surface area contributed by atoms with Gasteiger partial charge >= 0.3 is 0 Å². The number of para-hydroxylation sites is 1. The first kappa shape index (κ1) is 26.6. The molecular formula is C40H36N4. The molecule has 3 heterocycles. The van der Waals surface area contributed by atoms with E-state index in [-0.39, 0.29) is 12.2 Å². The van der Waals surface area contributed by atoms with Gasteiger partial charge in [0.25, 0.3) is 0 Å². The SMILES string of the molecule is Cc1ccccc1C1NC(c2ccc(C3=CCNC=C3)cc2)=CC(c2ccc(-n3c4c(c5ccccc53)CCC=C4)cc2)N1. The number of benzene rings is 4. The predicted molar refractivity (Wildman–Crippen MR) is 183 cm³/mol. The van der Waals surface area contributed by atoms with Crippen molar-refractivity contribution >= 4 is 28.2 Å². The highest BCUT2D eigenvalue weighted by Crippen LogP contribution is 2.35. The quantitative estimate of drug-likeness (QED) is 0.198. The van der Waals surface area contributed by atoms with Crippen molar-refractivity contribution in [1.29, 1.82) is 0 Å². The van der Waals surface area contributed by atoms with Crippen LogP contribution in [0.3, 0.4) is 0 Å². The predicted octanol–water partition coefficient (Wildman–Crippen LogP) is 8.37. The summed E-state index contributed by atoms with van der Waals surface area (Å²) in [7, 11) is 0. The fraction of sp³-hybridized carbons (Fsp3) is 0.150.